The lowest BCUT2D eigenvalue weighted by atomic mass is 10.0. The Kier molecular flexibility index (Phi) is 55.6. The molecule has 6 heteroatoms. The van der Waals surface area contributed by atoms with Gasteiger partial charge in [-0.2, -0.15) is 0 Å². The van der Waals surface area contributed by atoms with Gasteiger partial charge in [0.05, 0.1) is 0 Å². The molecule has 0 aliphatic heterocycles. The summed E-state index contributed by atoms with van der Waals surface area (Å²) in [5, 5.41) is 0. The van der Waals surface area contributed by atoms with Crippen molar-refractivity contribution < 1.29 is 28.6 Å². The van der Waals surface area contributed by atoms with Gasteiger partial charge < -0.3 is 14.2 Å². The summed E-state index contributed by atoms with van der Waals surface area (Å²) in [5.41, 5.74) is 0. The Morgan fingerprint density at radius 1 is 0.239 bits per heavy atom. The molecule has 0 aromatic heterocycles. The summed E-state index contributed by atoms with van der Waals surface area (Å²) in [4.78, 5) is 38.2. The van der Waals surface area contributed by atoms with Crippen molar-refractivity contribution in [2.24, 2.45) is 0 Å². The van der Waals surface area contributed by atoms with Crippen LogP contribution in [0.4, 0.5) is 0 Å². The fourth-order valence-electron chi connectivity index (χ4n) is 9.51. The Balaban J connectivity index is 4.25. The Morgan fingerprint density at radius 3 is 0.597 bits per heavy atom. The molecule has 0 saturated carbocycles. The summed E-state index contributed by atoms with van der Waals surface area (Å²) in [6, 6.07) is 0. The highest BCUT2D eigenvalue weighted by Gasteiger charge is 2.19. The zero-order chi connectivity index (χ0) is 48.6. The lowest BCUT2D eigenvalue weighted by molar-refractivity contribution is -0.167. The predicted octanol–water partition coefficient (Wildman–Crippen LogP) is 20.3. The van der Waals surface area contributed by atoms with Gasteiger partial charge in [-0.15, -0.1) is 0 Å². The Hall–Kier alpha value is -1.59. The maximum absolute atomic E-state index is 12.9. The number of hydrogen-bond donors (Lipinski definition) is 0. The third-order valence-corrected chi connectivity index (χ3v) is 14.1. The zero-order valence-electron chi connectivity index (χ0n) is 45.7. The van der Waals surface area contributed by atoms with Crippen molar-refractivity contribution in [2.45, 2.75) is 361 Å². The minimum absolute atomic E-state index is 0.0608. The van der Waals surface area contributed by atoms with Gasteiger partial charge in [-0.3, -0.25) is 14.4 Å². The van der Waals surface area contributed by atoms with E-state index >= 15 is 0 Å². The lowest BCUT2D eigenvalue weighted by Gasteiger charge is -2.18. The summed E-state index contributed by atoms with van der Waals surface area (Å²) in [6.07, 6.45) is 63.9. The van der Waals surface area contributed by atoms with Gasteiger partial charge in [0.25, 0.3) is 0 Å². The van der Waals surface area contributed by atoms with E-state index < -0.39 is 6.10 Å². The zero-order valence-corrected chi connectivity index (χ0v) is 45.7. The van der Waals surface area contributed by atoms with E-state index in [4.69, 9.17) is 14.2 Å². The molecule has 0 rings (SSSR count). The van der Waals surface area contributed by atoms with E-state index in [0.717, 1.165) is 57.8 Å². The van der Waals surface area contributed by atoms with E-state index in [1.54, 1.807) is 0 Å². The first-order valence-electron chi connectivity index (χ1n) is 30.5. The van der Waals surface area contributed by atoms with Gasteiger partial charge in [0.15, 0.2) is 6.10 Å². The summed E-state index contributed by atoms with van der Waals surface area (Å²) >= 11 is 0. The average molecular weight is 948 g/mol. The summed E-state index contributed by atoms with van der Waals surface area (Å²) in [5.74, 6) is -0.829. The molecule has 0 saturated heterocycles. The molecule has 0 aromatic rings. The second-order valence-electron chi connectivity index (χ2n) is 21.0. The van der Waals surface area contributed by atoms with E-state index in [0.29, 0.717) is 19.3 Å². The van der Waals surface area contributed by atoms with E-state index in [2.05, 4.69) is 20.8 Å². The number of esters is 3. The van der Waals surface area contributed by atoms with Crippen LogP contribution in [0, 0.1) is 0 Å². The molecule has 398 valence electrons. The van der Waals surface area contributed by atoms with E-state index in [9.17, 15) is 14.4 Å². The molecular weight excluding hydrogens is 829 g/mol. The van der Waals surface area contributed by atoms with Crippen LogP contribution in [0.3, 0.4) is 0 Å². The monoisotopic (exact) mass is 947 g/mol. The van der Waals surface area contributed by atoms with Gasteiger partial charge in [-0.1, -0.05) is 316 Å². The van der Waals surface area contributed by atoms with Crippen LogP contribution in [0.15, 0.2) is 0 Å². The molecule has 0 aromatic carbocycles. The van der Waals surface area contributed by atoms with Crippen molar-refractivity contribution in [1.29, 1.82) is 0 Å². The average Bonchev–Trinajstić information content (AvgIpc) is 3.33. The highest BCUT2D eigenvalue weighted by molar-refractivity contribution is 5.71. The van der Waals surface area contributed by atoms with E-state index in [-0.39, 0.29) is 31.1 Å². The predicted molar refractivity (Wildman–Crippen MR) is 289 cm³/mol. The molecule has 6 nitrogen and oxygen atoms in total. The van der Waals surface area contributed by atoms with E-state index in [1.165, 1.54) is 257 Å². The fraction of sp³-hybridized carbons (Fsp3) is 0.951. The second-order valence-corrected chi connectivity index (χ2v) is 21.0. The largest absolute Gasteiger partial charge is 0.462 e. The van der Waals surface area contributed by atoms with Crippen LogP contribution in [0.5, 0.6) is 0 Å². The van der Waals surface area contributed by atoms with Crippen LogP contribution in [0.25, 0.3) is 0 Å². The summed E-state index contributed by atoms with van der Waals surface area (Å²) in [7, 11) is 0. The smallest absolute Gasteiger partial charge is 0.306 e. The third-order valence-electron chi connectivity index (χ3n) is 14.1. The Labute approximate surface area is 418 Å². The number of ether oxygens (including phenoxy) is 3. The van der Waals surface area contributed by atoms with Crippen molar-refractivity contribution in [3.05, 3.63) is 0 Å². The van der Waals surface area contributed by atoms with Gasteiger partial charge in [0.1, 0.15) is 13.2 Å². The lowest BCUT2D eigenvalue weighted by Crippen LogP contribution is -2.30. The standard InChI is InChI=1S/C61H118O6/c1-4-7-10-13-16-19-22-25-27-29-31-33-35-37-40-43-46-49-52-55-61(64)67-58(56-65-59(62)53-50-47-44-41-38-24-21-18-15-12-9-6-3)57-66-60(63)54-51-48-45-42-39-36-34-32-30-28-26-23-20-17-14-11-8-5-2/h58H,4-57H2,1-3H3/t58-/m0/s1. The fourth-order valence-corrected chi connectivity index (χ4v) is 9.51. The first kappa shape index (κ1) is 65.4. The third kappa shape index (κ3) is 55.2. The number of unbranched alkanes of at least 4 members (excludes halogenated alkanes) is 46. The normalized spacial score (nSPS) is 11.9. The molecule has 0 heterocycles. The molecule has 0 fully saturated rings. The van der Waals surface area contributed by atoms with E-state index in [1.807, 2.05) is 0 Å². The number of carbonyl (C=O) groups excluding carboxylic acids is 3. The topological polar surface area (TPSA) is 78.9 Å². The minimum Gasteiger partial charge on any atom is -0.462 e. The van der Waals surface area contributed by atoms with Crippen LogP contribution in [0.2, 0.25) is 0 Å². The van der Waals surface area contributed by atoms with Gasteiger partial charge >= 0.3 is 17.9 Å². The molecule has 0 aliphatic rings. The molecule has 67 heavy (non-hydrogen) atoms. The quantitative estimate of drug-likeness (QED) is 0.0343. The molecule has 1 atom stereocenters. The Morgan fingerprint density at radius 2 is 0.403 bits per heavy atom. The molecule has 0 N–H and O–H groups in total. The molecule has 0 radical (unpaired) electrons. The van der Waals surface area contributed by atoms with Crippen molar-refractivity contribution in [3.63, 3.8) is 0 Å². The van der Waals surface area contributed by atoms with Crippen molar-refractivity contribution in [2.75, 3.05) is 13.2 Å². The molecule has 0 bridgehead atoms. The van der Waals surface area contributed by atoms with Crippen LogP contribution >= 0.6 is 0 Å². The van der Waals surface area contributed by atoms with Crippen molar-refractivity contribution in [3.8, 4) is 0 Å². The maximum atomic E-state index is 12.9. The number of rotatable bonds is 57. The molecule has 0 amide bonds. The SMILES string of the molecule is CCCCCCCCCCCCCCCCCCCCCC(=O)O[C@@H](COC(=O)CCCCCCCCCCCCCC)COC(=O)CCCCCCCCCCCCCCCCCCCC. The van der Waals surface area contributed by atoms with Gasteiger partial charge in [0, 0.05) is 19.3 Å². The van der Waals surface area contributed by atoms with Crippen LogP contribution < -0.4 is 0 Å². The van der Waals surface area contributed by atoms with Gasteiger partial charge in [0.2, 0.25) is 0 Å². The Bertz CT molecular complexity index is 998. The maximum Gasteiger partial charge on any atom is 0.306 e. The molecule has 0 aliphatic carbocycles. The van der Waals surface area contributed by atoms with Crippen molar-refractivity contribution >= 4 is 17.9 Å². The minimum atomic E-state index is -0.761. The van der Waals surface area contributed by atoms with Crippen LogP contribution in [-0.4, -0.2) is 37.2 Å². The molecular formula is C61H118O6. The first-order chi connectivity index (χ1) is 33.0. The number of carbonyl (C=O) groups is 3. The molecule has 0 spiro atoms. The van der Waals surface area contributed by atoms with Gasteiger partial charge in [-0.05, 0) is 19.3 Å². The van der Waals surface area contributed by atoms with Crippen LogP contribution in [0.1, 0.15) is 355 Å². The summed E-state index contributed by atoms with van der Waals surface area (Å²) in [6.45, 7) is 6.72. The summed E-state index contributed by atoms with van der Waals surface area (Å²) < 4.78 is 16.9. The highest BCUT2D eigenvalue weighted by atomic mass is 16.6. The number of hydrogen-bond acceptors (Lipinski definition) is 6. The van der Waals surface area contributed by atoms with Gasteiger partial charge in [-0.25, -0.2) is 0 Å². The molecule has 0 unspecified atom stereocenters. The van der Waals surface area contributed by atoms with Crippen molar-refractivity contribution in [1.82, 2.24) is 0 Å². The van der Waals surface area contributed by atoms with Crippen LogP contribution in [-0.2, 0) is 28.6 Å². The highest BCUT2D eigenvalue weighted by Crippen LogP contribution is 2.18. The second kappa shape index (κ2) is 57.0. The first-order valence-corrected chi connectivity index (χ1v) is 30.5.